The number of phenols is 3. The van der Waals surface area contributed by atoms with Crippen molar-refractivity contribution in [2.45, 2.75) is 132 Å². The normalized spacial score (nSPS) is 11.4. The number of hydrogen-bond donors (Lipinski definition) is 10. The number of nitrogens with two attached hydrogens (primary N) is 2. The van der Waals surface area contributed by atoms with E-state index in [9.17, 15) is 56.1 Å². The molecule has 5 amide bonds. The Kier molecular flexibility index (Phi) is 35.8. The highest BCUT2D eigenvalue weighted by Gasteiger charge is 2.24. The highest BCUT2D eigenvalue weighted by molar-refractivity contribution is 9.11. The van der Waals surface area contributed by atoms with Gasteiger partial charge in [0.25, 0.3) is 0 Å². The van der Waals surface area contributed by atoms with Gasteiger partial charge < -0.3 is 68.3 Å². The number of rotatable bonds is 11. The first-order valence-corrected chi connectivity index (χ1v) is 47.6. The maximum absolute atomic E-state index is 12.0. The predicted molar refractivity (Wildman–Crippen MR) is 546 cm³/mol. The molecule has 0 aromatic heterocycles. The monoisotopic (exact) mass is 2110 g/mol. The molecule has 0 saturated heterocycles. The van der Waals surface area contributed by atoms with Gasteiger partial charge in [-0.3, -0.25) is 26.6 Å². The van der Waals surface area contributed by atoms with E-state index in [4.69, 9.17) is 53.0 Å². The predicted octanol–water partition coefficient (Wildman–Crippen LogP) is 26.6. The molecule has 0 fully saturated rings. The lowest BCUT2D eigenvalue weighted by Crippen LogP contribution is -2.27. The van der Waals surface area contributed by atoms with Gasteiger partial charge in [0.1, 0.15) is 68.3 Å². The van der Waals surface area contributed by atoms with Crippen molar-refractivity contribution >= 4 is 230 Å². The second kappa shape index (κ2) is 45.1. The number of amides is 5. The van der Waals surface area contributed by atoms with Gasteiger partial charge in [-0.1, -0.05) is 118 Å². The second-order valence-electron chi connectivity index (χ2n) is 34.5. The molecule has 28 nitrogen and oxygen atoms in total. The van der Waals surface area contributed by atoms with E-state index in [1.165, 1.54) is 0 Å². The van der Waals surface area contributed by atoms with Gasteiger partial charge in [0.15, 0.2) is 0 Å². The lowest BCUT2D eigenvalue weighted by molar-refractivity contribution is 0.0625. The standard InChI is InChI=1S/C16H18BrNO5S.C16H18BrNO3.C16H19NO5S.C15H16BrNO3.C15H17NO3.C11H10BrNO.C10H9NO/c1-16(2,3)22-15(19)18-14-8-7-13(17)11-6-5-10(9-12(11)14)23-24(4,20)21;1-16(2,3)21-15(19)18-14-8-7-13(17)11-6-5-10(20-4)9-12(11)14;1-16(2,3)21-15(18)17-14-7-5-6-11-8-9-12(10-13(11)14)22-23(4,19)20;1-15(2,3)20-14(19)17-13-7-6-12(16)10-5-4-9(18)8-11(10)13;1-15(2,3)19-14(18)16-13-6-4-5-10-7-8-11(17)9-12(10)13;1-14-7-2-3-8-9(6-7)11(13)5-4-10(8)12;11-10-3-1-2-7-4-5-8(12)6-9(7)10/h5-9H,1-4H3,(H,18,19);5-9H,1-4H3,(H,18,19);5-10H,1-4H3,(H,17,18);4-8,18H,1-3H3,(H,17,19);4-9,17H,1-3H3,(H,16,18);2-6H,13H2,1H3;1-6,12H,11H2. The molecule has 0 bridgehead atoms. The Morgan fingerprint density at radius 3 is 0.872 bits per heavy atom. The Labute approximate surface area is 806 Å². The Hall–Kier alpha value is -12.7. The zero-order chi connectivity index (χ0) is 98.6. The average molecular weight is 2110 g/mol. The number of nitrogens with one attached hydrogen (secondary N) is 5. The number of carbonyl (C=O) groups excluding carboxylic acids is 5. The number of halogens is 4. The zero-order valence-corrected chi connectivity index (χ0v) is 84.6. The molecule has 14 aromatic carbocycles. The number of methoxy groups -OCH3 is 2. The summed E-state index contributed by atoms with van der Waals surface area (Å²) in [6.07, 6.45) is -0.748. The minimum absolute atomic E-state index is 0.142. The summed E-state index contributed by atoms with van der Waals surface area (Å²) in [5.74, 6) is 2.44. The molecular weight excluding hydrogens is 2010 g/mol. The minimum atomic E-state index is -3.64. The van der Waals surface area contributed by atoms with Gasteiger partial charge in [-0.25, -0.2) is 24.0 Å². The molecular formula is C99H107Br4N7O21S2. The quantitative estimate of drug-likeness (QED) is 0.0327. The fourth-order valence-electron chi connectivity index (χ4n) is 12.3. The number of fused-ring (bicyclic) bond motifs is 7. The molecule has 0 atom stereocenters. The molecule has 0 heterocycles. The van der Waals surface area contributed by atoms with Crippen LogP contribution in [-0.4, -0.2) is 117 Å². The van der Waals surface area contributed by atoms with Crippen molar-refractivity contribution in [1.82, 2.24) is 0 Å². The van der Waals surface area contributed by atoms with E-state index < -0.39 is 78.7 Å². The molecule has 0 aliphatic carbocycles. The largest absolute Gasteiger partial charge is 0.508 e. The van der Waals surface area contributed by atoms with Gasteiger partial charge in [0, 0.05) is 67.0 Å². The number of nitrogen functional groups attached to an aromatic ring is 2. The van der Waals surface area contributed by atoms with Crippen LogP contribution in [0.3, 0.4) is 0 Å². The van der Waals surface area contributed by atoms with Crippen molar-refractivity contribution in [2.75, 3.05) is 64.8 Å². The van der Waals surface area contributed by atoms with Crippen LogP contribution in [0, 0.1) is 0 Å². The van der Waals surface area contributed by atoms with Gasteiger partial charge in [-0.2, -0.15) is 16.8 Å². The van der Waals surface area contributed by atoms with E-state index in [1.807, 2.05) is 151 Å². The van der Waals surface area contributed by atoms with Gasteiger partial charge in [-0.15, -0.1) is 0 Å². The maximum atomic E-state index is 12.0. The first kappa shape index (κ1) is 106. The lowest BCUT2D eigenvalue weighted by atomic mass is 10.1. The molecule has 0 aliphatic heterocycles. The zero-order valence-electron chi connectivity index (χ0n) is 76.6. The number of anilines is 7. The Morgan fingerprint density at radius 2 is 0.519 bits per heavy atom. The summed E-state index contributed by atoms with van der Waals surface area (Å²) in [5, 5.41) is 54.0. The number of ether oxygens (including phenoxy) is 7. The lowest BCUT2D eigenvalue weighted by Gasteiger charge is -2.20. The van der Waals surface area contributed by atoms with E-state index in [-0.39, 0.29) is 28.7 Å². The fourth-order valence-corrected chi connectivity index (χ4v) is 15.1. The first-order valence-electron chi connectivity index (χ1n) is 40.8. The Bertz CT molecular complexity index is 6860. The van der Waals surface area contributed by atoms with Crippen LogP contribution in [0.15, 0.2) is 248 Å². The summed E-state index contributed by atoms with van der Waals surface area (Å²) in [5.41, 5.74) is 13.1. The fraction of sp³-hybridized carbons (Fsp3) is 0.242. The average Bonchev–Trinajstić information content (AvgIpc) is 0.803. The molecule has 0 saturated carbocycles. The SMILES string of the molecule is CC(C)(C)OC(=O)Nc1ccc(Br)c2ccc(O)cc12.CC(C)(C)OC(=O)Nc1ccc(Br)c2ccc(OS(C)(=O)=O)cc12.CC(C)(C)OC(=O)Nc1cccc2ccc(O)cc12.CC(C)(C)OC(=O)Nc1cccc2ccc(OS(C)(=O)=O)cc12.COc1ccc2c(Br)ccc(N)c2c1.COc1ccc2c(Br)ccc(NC(=O)OC(C)(C)C)c2c1.Nc1cccc2ccc(O)cc12. The number of aromatic hydroxyl groups is 3. The summed E-state index contributed by atoms with van der Waals surface area (Å²) in [7, 11) is -4.00. The van der Waals surface area contributed by atoms with Crippen LogP contribution >= 0.6 is 63.7 Å². The van der Waals surface area contributed by atoms with Crippen LogP contribution in [0.5, 0.6) is 40.2 Å². The summed E-state index contributed by atoms with van der Waals surface area (Å²) >= 11 is 13.9. The molecule has 34 heteroatoms. The van der Waals surface area contributed by atoms with E-state index in [2.05, 4.69) is 90.3 Å². The molecule has 704 valence electrons. The van der Waals surface area contributed by atoms with Crippen molar-refractivity contribution in [3.05, 3.63) is 248 Å². The number of hydrogen-bond acceptors (Lipinski definition) is 23. The third kappa shape index (κ3) is 34.1. The van der Waals surface area contributed by atoms with Crippen LogP contribution in [0.1, 0.15) is 104 Å². The minimum Gasteiger partial charge on any atom is -0.508 e. The summed E-state index contributed by atoms with van der Waals surface area (Å²) < 4.78 is 95.1. The molecule has 14 aromatic rings. The molecule has 14 rings (SSSR count). The second-order valence-corrected chi connectivity index (χ2v) is 41.1. The van der Waals surface area contributed by atoms with Gasteiger partial charge >= 0.3 is 50.7 Å². The molecule has 133 heavy (non-hydrogen) atoms. The smallest absolute Gasteiger partial charge is 0.412 e. The molecule has 0 unspecified atom stereocenters. The van der Waals surface area contributed by atoms with Gasteiger partial charge in [0.05, 0.1) is 55.2 Å². The van der Waals surface area contributed by atoms with Crippen LogP contribution < -0.4 is 55.9 Å². The van der Waals surface area contributed by atoms with Gasteiger partial charge in [0.2, 0.25) is 0 Å². The summed E-state index contributed by atoms with van der Waals surface area (Å²) in [6, 6.07) is 67.6. The number of phenolic OH excluding ortho intramolecular Hbond substituents is 3. The van der Waals surface area contributed by atoms with Crippen LogP contribution in [-0.2, 0) is 43.9 Å². The van der Waals surface area contributed by atoms with Crippen molar-refractivity contribution < 1.29 is 97.7 Å². The third-order valence-corrected chi connectivity index (χ3v) is 21.3. The summed E-state index contributed by atoms with van der Waals surface area (Å²) in [6.45, 7) is 26.9. The molecule has 12 N–H and O–H groups in total. The van der Waals surface area contributed by atoms with E-state index in [1.54, 1.807) is 198 Å². The van der Waals surface area contributed by atoms with Gasteiger partial charge in [-0.05, 0) is 317 Å². The van der Waals surface area contributed by atoms with Crippen molar-refractivity contribution in [3.8, 4) is 40.2 Å². The molecule has 0 spiro atoms. The number of benzene rings is 14. The van der Waals surface area contributed by atoms with Crippen LogP contribution in [0.25, 0.3) is 75.4 Å². The number of carbonyl (C=O) groups is 5. The van der Waals surface area contributed by atoms with E-state index in [0.717, 1.165) is 112 Å². The maximum Gasteiger partial charge on any atom is 0.412 e. The van der Waals surface area contributed by atoms with Crippen LogP contribution in [0.4, 0.5) is 63.8 Å². The molecule has 0 radical (unpaired) electrons. The van der Waals surface area contributed by atoms with E-state index >= 15 is 0 Å². The van der Waals surface area contributed by atoms with Crippen molar-refractivity contribution in [1.29, 1.82) is 0 Å². The first-order chi connectivity index (χ1) is 61.9. The van der Waals surface area contributed by atoms with Crippen LogP contribution in [0.2, 0.25) is 0 Å². The highest BCUT2D eigenvalue weighted by atomic mass is 79.9. The third-order valence-electron chi connectivity index (χ3n) is 17.5. The molecule has 0 aliphatic rings. The highest BCUT2D eigenvalue weighted by Crippen LogP contribution is 2.39. The topological polar surface area (TPSA) is 410 Å². The Balaban J connectivity index is 0.000000193. The van der Waals surface area contributed by atoms with Crippen molar-refractivity contribution in [2.24, 2.45) is 0 Å². The van der Waals surface area contributed by atoms with E-state index in [0.29, 0.717) is 44.9 Å². The summed E-state index contributed by atoms with van der Waals surface area (Å²) in [4.78, 5) is 59.5. The Morgan fingerprint density at radius 1 is 0.278 bits per heavy atom. The van der Waals surface area contributed by atoms with Crippen molar-refractivity contribution in [3.63, 3.8) is 0 Å².